The summed E-state index contributed by atoms with van der Waals surface area (Å²) in [5, 5.41) is 24.9. The number of nitrogens with two attached hydrogens (primary N) is 3. The fraction of sp³-hybridized carbons (Fsp3) is 0.650. The van der Waals surface area contributed by atoms with Crippen molar-refractivity contribution in [3.8, 4) is 0 Å². The molecule has 0 aromatic heterocycles. The van der Waals surface area contributed by atoms with Gasteiger partial charge in [0.25, 0.3) is 0 Å². The van der Waals surface area contributed by atoms with Gasteiger partial charge in [0.1, 0.15) is 18.1 Å². The molecule has 198 valence electrons. The number of carbonyl (C=O) groups excluding carboxylic acids is 5. The Labute approximate surface area is 201 Å². The van der Waals surface area contributed by atoms with Gasteiger partial charge in [0.2, 0.25) is 29.5 Å². The van der Waals surface area contributed by atoms with Crippen LogP contribution in [0.15, 0.2) is 0 Å². The Morgan fingerprint density at radius 3 is 1.57 bits per heavy atom. The third-order valence-corrected chi connectivity index (χ3v) is 4.68. The smallest absolute Gasteiger partial charge is 0.326 e. The Balaban J connectivity index is 5.59. The van der Waals surface area contributed by atoms with Crippen molar-refractivity contribution in [1.82, 2.24) is 16.0 Å². The van der Waals surface area contributed by atoms with Gasteiger partial charge in [-0.2, -0.15) is 0 Å². The molecular weight excluding hydrogens is 468 g/mol. The second-order valence-electron chi connectivity index (χ2n) is 8.37. The lowest BCUT2D eigenvalue weighted by Crippen LogP contribution is -2.57. The lowest BCUT2D eigenvalue weighted by Gasteiger charge is -2.24. The molecule has 0 aliphatic heterocycles. The molecule has 0 aliphatic rings. The monoisotopic (exact) mass is 502 g/mol. The maximum absolute atomic E-state index is 12.8. The highest BCUT2D eigenvalue weighted by Crippen LogP contribution is 2.06. The minimum absolute atomic E-state index is 0.0639. The summed E-state index contributed by atoms with van der Waals surface area (Å²) in [6, 6.07) is -5.68. The van der Waals surface area contributed by atoms with Crippen LogP contribution in [0.1, 0.15) is 52.4 Å². The summed E-state index contributed by atoms with van der Waals surface area (Å²) < 4.78 is 0. The third-order valence-electron chi connectivity index (χ3n) is 4.68. The molecule has 0 rings (SSSR count). The molecule has 0 heterocycles. The number of rotatable bonds is 17. The fourth-order valence-electron chi connectivity index (χ4n) is 2.92. The first-order valence-electron chi connectivity index (χ1n) is 10.8. The van der Waals surface area contributed by atoms with E-state index >= 15 is 0 Å². The lowest BCUT2D eigenvalue weighted by molar-refractivity contribution is -0.143. The van der Waals surface area contributed by atoms with E-state index < -0.39 is 72.1 Å². The zero-order valence-electron chi connectivity index (χ0n) is 19.6. The van der Waals surface area contributed by atoms with E-state index in [1.54, 1.807) is 0 Å². The molecule has 0 aromatic rings. The molecule has 4 atom stereocenters. The van der Waals surface area contributed by atoms with Crippen molar-refractivity contribution in [2.45, 2.75) is 76.5 Å². The summed E-state index contributed by atoms with van der Waals surface area (Å²) in [7, 11) is 0. The van der Waals surface area contributed by atoms with Crippen LogP contribution < -0.4 is 33.2 Å². The van der Waals surface area contributed by atoms with Crippen molar-refractivity contribution in [1.29, 1.82) is 0 Å². The third kappa shape index (κ3) is 13.5. The molecule has 11 N–H and O–H groups in total. The normalized spacial score (nSPS) is 14.2. The summed E-state index contributed by atoms with van der Waals surface area (Å²) in [6.45, 7) is 3.65. The topological polar surface area (TPSA) is 274 Å². The summed E-state index contributed by atoms with van der Waals surface area (Å²) in [5.74, 6) is -7.41. The van der Waals surface area contributed by atoms with E-state index in [2.05, 4.69) is 10.6 Å². The van der Waals surface area contributed by atoms with E-state index in [4.69, 9.17) is 22.3 Å². The van der Waals surface area contributed by atoms with Crippen LogP contribution in [0.4, 0.5) is 0 Å². The van der Waals surface area contributed by atoms with Crippen molar-refractivity contribution >= 4 is 41.5 Å². The lowest BCUT2D eigenvalue weighted by atomic mass is 10.0. The van der Waals surface area contributed by atoms with Gasteiger partial charge in [0.05, 0.1) is 12.5 Å². The van der Waals surface area contributed by atoms with Crippen LogP contribution in [-0.2, 0) is 33.6 Å². The number of carboxylic acids is 2. The van der Waals surface area contributed by atoms with Crippen molar-refractivity contribution < 1.29 is 43.8 Å². The van der Waals surface area contributed by atoms with Crippen LogP contribution in [0.25, 0.3) is 0 Å². The molecule has 4 unspecified atom stereocenters. The summed E-state index contributed by atoms with van der Waals surface area (Å²) >= 11 is 0. The summed E-state index contributed by atoms with van der Waals surface area (Å²) in [6.07, 6.45) is -1.95. The highest BCUT2D eigenvalue weighted by Gasteiger charge is 2.32. The Hall–Kier alpha value is -3.75. The number of primary amides is 2. The summed E-state index contributed by atoms with van der Waals surface area (Å²) in [4.78, 5) is 82.4. The quantitative estimate of drug-likeness (QED) is 0.0991. The highest BCUT2D eigenvalue weighted by molar-refractivity contribution is 5.95. The molecule has 0 aromatic carbocycles. The SMILES string of the molecule is CC(C)CC(N)C(=O)NC(CCC(N)=O)C(=O)NC(CC(=O)O)C(=O)NC(CCC(N)=O)C(=O)O. The predicted octanol–water partition coefficient (Wildman–Crippen LogP) is -3.10. The van der Waals surface area contributed by atoms with Crippen molar-refractivity contribution in [2.24, 2.45) is 23.1 Å². The standard InChI is InChI=1S/C20H34N6O9/c1-9(2)7-10(21)17(31)24-11(3-5-14(22)27)18(32)26-13(8-16(29)30)19(33)25-12(20(34)35)4-6-15(23)28/h9-13H,3-8,21H2,1-2H3,(H2,22,27)(H2,23,28)(H,24,31)(H,25,33)(H,26,32)(H,29,30)(H,34,35). The van der Waals surface area contributed by atoms with Crippen LogP contribution in [0.3, 0.4) is 0 Å². The number of hydrogen-bond acceptors (Lipinski definition) is 8. The molecular formula is C20H34N6O9. The fourth-order valence-corrected chi connectivity index (χ4v) is 2.92. The summed E-state index contributed by atoms with van der Waals surface area (Å²) in [5.41, 5.74) is 15.9. The van der Waals surface area contributed by atoms with Crippen LogP contribution in [-0.4, -0.2) is 75.9 Å². The van der Waals surface area contributed by atoms with Crippen molar-refractivity contribution in [3.05, 3.63) is 0 Å². The zero-order chi connectivity index (χ0) is 27.3. The molecule has 0 fully saturated rings. The molecule has 35 heavy (non-hydrogen) atoms. The number of hydrogen-bond donors (Lipinski definition) is 8. The number of carbonyl (C=O) groups is 7. The van der Waals surface area contributed by atoms with Gasteiger partial charge >= 0.3 is 11.9 Å². The molecule has 0 saturated heterocycles. The van der Waals surface area contributed by atoms with E-state index in [-0.39, 0.29) is 31.6 Å². The second kappa shape index (κ2) is 15.2. The molecule has 0 spiro atoms. The number of carboxylic acid groups (broad SMARTS) is 2. The van der Waals surface area contributed by atoms with E-state index in [1.807, 2.05) is 19.2 Å². The van der Waals surface area contributed by atoms with Crippen molar-refractivity contribution in [2.75, 3.05) is 0 Å². The maximum Gasteiger partial charge on any atom is 0.326 e. The second-order valence-corrected chi connectivity index (χ2v) is 8.37. The van der Waals surface area contributed by atoms with Crippen molar-refractivity contribution in [3.63, 3.8) is 0 Å². The molecule has 0 saturated carbocycles. The number of amides is 5. The first kappa shape index (κ1) is 31.2. The van der Waals surface area contributed by atoms with Gasteiger partial charge < -0.3 is 43.4 Å². The van der Waals surface area contributed by atoms with Gasteiger partial charge in [-0.15, -0.1) is 0 Å². The first-order valence-corrected chi connectivity index (χ1v) is 10.8. The minimum Gasteiger partial charge on any atom is -0.481 e. The average Bonchev–Trinajstić information content (AvgIpc) is 2.71. The van der Waals surface area contributed by atoms with E-state index in [0.717, 1.165) is 0 Å². The largest absolute Gasteiger partial charge is 0.481 e. The van der Waals surface area contributed by atoms with Gasteiger partial charge in [-0.05, 0) is 25.2 Å². The Morgan fingerprint density at radius 1 is 0.714 bits per heavy atom. The number of nitrogens with one attached hydrogen (secondary N) is 3. The van der Waals surface area contributed by atoms with Gasteiger partial charge in [-0.3, -0.25) is 28.8 Å². The van der Waals surface area contributed by atoms with Crippen LogP contribution >= 0.6 is 0 Å². The van der Waals surface area contributed by atoms with Crippen LogP contribution in [0, 0.1) is 5.92 Å². The zero-order valence-corrected chi connectivity index (χ0v) is 19.6. The number of aliphatic carboxylic acids is 2. The van der Waals surface area contributed by atoms with Gasteiger partial charge in [0, 0.05) is 12.8 Å². The van der Waals surface area contributed by atoms with E-state index in [9.17, 15) is 38.7 Å². The molecule has 0 aliphatic carbocycles. The van der Waals surface area contributed by atoms with Crippen LogP contribution in [0.2, 0.25) is 0 Å². The molecule has 0 radical (unpaired) electrons. The Bertz CT molecular complexity index is 817. The molecule has 15 heteroatoms. The highest BCUT2D eigenvalue weighted by atomic mass is 16.4. The van der Waals surface area contributed by atoms with E-state index in [1.165, 1.54) is 0 Å². The molecule has 15 nitrogen and oxygen atoms in total. The Morgan fingerprint density at radius 2 is 1.14 bits per heavy atom. The first-order chi connectivity index (χ1) is 16.1. The van der Waals surface area contributed by atoms with E-state index in [0.29, 0.717) is 6.42 Å². The van der Waals surface area contributed by atoms with Gasteiger partial charge in [0.15, 0.2) is 0 Å². The maximum atomic E-state index is 12.8. The average molecular weight is 503 g/mol. The predicted molar refractivity (Wildman–Crippen MR) is 120 cm³/mol. The van der Waals surface area contributed by atoms with Gasteiger partial charge in [-0.25, -0.2) is 4.79 Å². The minimum atomic E-state index is -1.74. The van der Waals surface area contributed by atoms with Crippen LogP contribution in [0.5, 0.6) is 0 Å². The molecule has 5 amide bonds. The molecule has 0 bridgehead atoms. The van der Waals surface area contributed by atoms with Gasteiger partial charge in [-0.1, -0.05) is 13.8 Å². The Kier molecular flexibility index (Phi) is 13.6.